The number of rotatable bonds is 4. The standard InChI is InChI=1S/C8H16N2O.C2H6/c1-8-9-4-6-10(8)5-3-7-11-2;1-2/h3-7H2,1-2H3;1-2H3. The summed E-state index contributed by atoms with van der Waals surface area (Å²) in [6.45, 7) is 10.1. The van der Waals surface area contributed by atoms with Crippen LogP contribution in [-0.2, 0) is 4.74 Å². The van der Waals surface area contributed by atoms with Crippen LogP contribution in [0.25, 0.3) is 0 Å². The zero-order chi connectivity index (χ0) is 10.1. The minimum atomic E-state index is 0.851. The van der Waals surface area contributed by atoms with Gasteiger partial charge in [-0.25, -0.2) is 0 Å². The highest BCUT2D eigenvalue weighted by atomic mass is 16.5. The lowest BCUT2D eigenvalue weighted by Gasteiger charge is -2.16. The lowest BCUT2D eigenvalue weighted by atomic mass is 10.4. The first-order chi connectivity index (χ1) is 6.34. The van der Waals surface area contributed by atoms with Crippen LogP contribution in [0, 0.1) is 0 Å². The van der Waals surface area contributed by atoms with Crippen molar-refractivity contribution in [2.45, 2.75) is 27.2 Å². The van der Waals surface area contributed by atoms with Crippen LogP contribution in [0.1, 0.15) is 27.2 Å². The van der Waals surface area contributed by atoms with E-state index in [1.165, 1.54) is 5.84 Å². The number of methoxy groups -OCH3 is 1. The third-order valence-electron chi connectivity index (χ3n) is 1.94. The number of hydrogen-bond acceptors (Lipinski definition) is 3. The second-order valence-corrected chi connectivity index (χ2v) is 2.76. The molecule has 0 N–H and O–H groups in total. The molecule has 0 spiro atoms. The molecular weight excluding hydrogens is 164 g/mol. The first kappa shape index (κ1) is 12.4. The molecule has 3 nitrogen and oxygen atoms in total. The van der Waals surface area contributed by atoms with Gasteiger partial charge in [0.2, 0.25) is 0 Å². The number of aliphatic imine (C=N–C) groups is 1. The largest absolute Gasteiger partial charge is 0.385 e. The van der Waals surface area contributed by atoms with Crippen LogP contribution in [0.15, 0.2) is 4.99 Å². The maximum atomic E-state index is 4.97. The van der Waals surface area contributed by atoms with E-state index in [1.54, 1.807) is 7.11 Å². The fourth-order valence-electron chi connectivity index (χ4n) is 1.27. The monoisotopic (exact) mass is 186 g/mol. The van der Waals surface area contributed by atoms with Gasteiger partial charge in [-0.15, -0.1) is 0 Å². The highest BCUT2D eigenvalue weighted by molar-refractivity contribution is 5.81. The second kappa shape index (κ2) is 8.05. The van der Waals surface area contributed by atoms with Crippen LogP contribution in [0.4, 0.5) is 0 Å². The fourth-order valence-corrected chi connectivity index (χ4v) is 1.27. The normalized spacial score (nSPS) is 15.1. The maximum Gasteiger partial charge on any atom is 0.0958 e. The predicted molar refractivity (Wildman–Crippen MR) is 57.4 cm³/mol. The molecule has 0 aliphatic carbocycles. The lowest BCUT2D eigenvalue weighted by Crippen LogP contribution is -2.27. The van der Waals surface area contributed by atoms with Crippen LogP contribution in [0.3, 0.4) is 0 Å². The van der Waals surface area contributed by atoms with E-state index in [0.29, 0.717) is 0 Å². The van der Waals surface area contributed by atoms with E-state index in [1.807, 2.05) is 13.8 Å². The van der Waals surface area contributed by atoms with Gasteiger partial charge in [-0.1, -0.05) is 13.8 Å². The summed E-state index contributed by atoms with van der Waals surface area (Å²) in [5.74, 6) is 1.18. The minimum absolute atomic E-state index is 0.851. The first-order valence-electron chi connectivity index (χ1n) is 5.09. The second-order valence-electron chi connectivity index (χ2n) is 2.76. The van der Waals surface area contributed by atoms with Crippen molar-refractivity contribution >= 4 is 5.84 Å². The van der Waals surface area contributed by atoms with Crippen molar-refractivity contribution < 1.29 is 4.74 Å². The number of amidine groups is 1. The lowest BCUT2D eigenvalue weighted by molar-refractivity contribution is 0.187. The van der Waals surface area contributed by atoms with E-state index in [9.17, 15) is 0 Å². The molecule has 78 valence electrons. The third-order valence-corrected chi connectivity index (χ3v) is 1.94. The van der Waals surface area contributed by atoms with Gasteiger partial charge < -0.3 is 9.64 Å². The molecule has 1 rings (SSSR count). The van der Waals surface area contributed by atoms with Gasteiger partial charge in [0, 0.05) is 26.8 Å². The van der Waals surface area contributed by atoms with Gasteiger partial charge in [0.25, 0.3) is 0 Å². The molecular formula is C10H22N2O. The highest BCUT2D eigenvalue weighted by Crippen LogP contribution is 2.01. The molecule has 1 heterocycles. The van der Waals surface area contributed by atoms with E-state index in [2.05, 4.69) is 16.8 Å². The minimum Gasteiger partial charge on any atom is -0.385 e. The van der Waals surface area contributed by atoms with Crippen molar-refractivity contribution in [3.05, 3.63) is 0 Å². The quantitative estimate of drug-likeness (QED) is 0.625. The molecule has 0 unspecified atom stereocenters. The van der Waals surface area contributed by atoms with Crippen molar-refractivity contribution in [1.82, 2.24) is 4.90 Å². The summed E-state index contributed by atoms with van der Waals surface area (Å²) in [7, 11) is 1.74. The molecule has 1 aliphatic rings. The summed E-state index contributed by atoms with van der Waals surface area (Å²) < 4.78 is 4.97. The third kappa shape index (κ3) is 4.88. The van der Waals surface area contributed by atoms with Gasteiger partial charge in [0.15, 0.2) is 0 Å². The van der Waals surface area contributed by atoms with E-state index < -0.39 is 0 Å². The number of hydrogen-bond donors (Lipinski definition) is 0. The molecule has 0 fully saturated rings. The van der Waals surface area contributed by atoms with Crippen LogP contribution in [0.2, 0.25) is 0 Å². The molecule has 13 heavy (non-hydrogen) atoms. The Morgan fingerprint density at radius 1 is 1.46 bits per heavy atom. The van der Waals surface area contributed by atoms with Crippen LogP contribution in [0.5, 0.6) is 0 Å². The summed E-state index contributed by atoms with van der Waals surface area (Å²) in [6.07, 6.45) is 1.10. The molecule has 0 saturated carbocycles. The Morgan fingerprint density at radius 3 is 2.62 bits per heavy atom. The fraction of sp³-hybridized carbons (Fsp3) is 0.900. The molecule has 0 atom stereocenters. The Kier molecular flexibility index (Phi) is 7.69. The number of nitrogens with zero attached hydrogens (tertiary/aromatic N) is 2. The van der Waals surface area contributed by atoms with E-state index in [4.69, 9.17) is 4.74 Å². The molecule has 1 aliphatic heterocycles. The molecule has 0 aromatic rings. The zero-order valence-electron chi connectivity index (χ0n) is 9.34. The van der Waals surface area contributed by atoms with E-state index in [-0.39, 0.29) is 0 Å². The van der Waals surface area contributed by atoms with Crippen LogP contribution in [-0.4, -0.2) is 44.1 Å². The van der Waals surface area contributed by atoms with E-state index >= 15 is 0 Å². The van der Waals surface area contributed by atoms with E-state index in [0.717, 1.165) is 32.7 Å². The van der Waals surface area contributed by atoms with Gasteiger partial charge >= 0.3 is 0 Å². The topological polar surface area (TPSA) is 24.8 Å². The Hall–Kier alpha value is -0.570. The Bertz CT molecular complexity index is 146. The average molecular weight is 186 g/mol. The average Bonchev–Trinajstić information content (AvgIpc) is 2.56. The summed E-state index contributed by atoms with van der Waals surface area (Å²) in [5.41, 5.74) is 0. The smallest absolute Gasteiger partial charge is 0.0958 e. The van der Waals surface area contributed by atoms with Gasteiger partial charge in [-0.3, -0.25) is 4.99 Å². The SMILES string of the molecule is CC.COCCCN1CCN=C1C. The molecule has 0 saturated heterocycles. The van der Waals surface area contributed by atoms with Crippen molar-refractivity contribution in [2.24, 2.45) is 4.99 Å². The van der Waals surface area contributed by atoms with Crippen molar-refractivity contribution in [1.29, 1.82) is 0 Å². The molecule has 0 radical (unpaired) electrons. The van der Waals surface area contributed by atoms with Gasteiger partial charge in [-0.05, 0) is 13.3 Å². The summed E-state index contributed by atoms with van der Waals surface area (Å²) in [5, 5.41) is 0. The summed E-state index contributed by atoms with van der Waals surface area (Å²) >= 11 is 0. The van der Waals surface area contributed by atoms with Crippen molar-refractivity contribution in [2.75, 3.05) is 33.4 Å². The Morgan fingerprint density at radius 2 is 2.15 bits per heavy atom. The van der Waals surface area contributed by atoms with Crippen LogP contribution >= 0.6 is 0 Å². The molecule has 0 aromatic carbocycles. The first-order valence-corrected chi connectivity index (χ1v) is 5.09. The van der Waals surface area contributed by atoms with Gasteiger partial charge in [-0.2, -0.15) is 0 Å². The molecule has 0 bridgehead atoms. The summed E-state index contributed by atoms with van der Waals surface area (Å²) in [6, 6.07) is 0. The van der Waals surface area contributed by atoms with Gasteiger partial charge in [0.1, 0.15) is 0 Å². The molecule has 0 aromatic heterocycles. The van der Waals surface area contributed by atoms with Crippen LogP contribution < -0.4 is 0 Å². The zero-order valence-corrected chi connectivity index (χ0v) is 9.34. The Balaban J connectivity index is 0.000000671. The predicted octanol–water partition coefficient (Wildman–Crippen LogP) is 1.78. The molecule has 0 amide bonds. The summed E-state index contributed by atoms with van der Waals surface area (Å²) in [4.78, 5) is 6.60. The van der Waals surface area contributed by atoms with Gasteiger partial charge in [0.05, 0.1) is 12.4 Å². The van der Waals surface area contributed by atoms with Crippen molar-refractivity contribution in [3.63, 3.8) is 0 Å². The molecule has 3 heteroatoms. The highest BCUT2D eigenvalue weighted by Gasteiger charge is 2.10. The van der Waals surface area contributed by atoms with Crippen molar-refractivity contribution in [3.8, 4) is 0 Å². The Labute approximate surface area is 81.8 Å². The maximum absolute atomic E-state index is 4.97. The number of ether oxygens (including phenoxy) is 1.